The van der Waals surface area contributed by atoms with E-state index < -0.39 is 11.9 Å². The Labute approximate surface area is 154 Å². The van der Waals surface area contributed by atoms with Crippen LogP contribution in [0.3, 0.4) is 0 Å². The zero-order chi connectivity index (χ0) is 18.6. The number of pyridine rings is 1. The largest absolute Gasteiger partial charge is 0.321 e. The minimum atomic E-state index is -0.710. The number of para-hydroxylation sites is 1. The van der Waals surface area contributed by atoms with Gasteiger partial charge in [-0.25, -0.2) is 9.97 Å². The van der Waals surface area contributed by atoms with Gasteiger partial charge in [-0.1, -0.05) is 42.5 Å². The molecular formula is C20H14FN5O. The Bertz CT molecular complexity index is 1090. The van der Waals surface area contributed by atoms with Crippen molar-refractivity contribution in [2.24, 2.45) is 0 Å². The van der Waals surface area contributed by atoms with Crippen LogP contribution in [-0.4, -0.2) is 26.1 Å². The zero-order valence-corrected chi connectivity index (χ0v) is 14.1. The van der Waals surface area contributed by atoms with Gasteiger partial charge in [0.1, 0.15) is 0 Å². The highest BCUT2D eigenvalue weighted by molar-refractivity contribution is 6.05. The summed E-state index contributed by atoms with van der Waals surface area (Å²) in [6.07, 6.45) is 1.25. The number of hydrogen-bond donors (Lipinski definition) is 2. The van der Waals surface area contributed by atoms with E-state index in [1.807, 2.05) is 42.5 Å². The number of halogens is 1. The molecule has 2 heterocycles. The monoisotopic (exact) mass is 359 g/mol. The highest BCUT2D eigenvalue weighted by atomic mass is 19.1. The maximum absolute atomic E-state index is 13.3. The normalized spacial score (nSPS) is 10.6. The maximum Gasteiger partial charge on any atom is 0.255 e. The second-order valence-corrected chi connectivity index (χ2v) is 5.74. The molecule has 0 saturated heterocycles. The number of rotatable bonds is 4. The first-order valence-corrected chi connectivity index (χ1v) is 8.21. The van der Waals surface area contributed by atoms with Crippen molar-refractivity contribution in [3.63, 3.8) is 0 Å². The van der Waals surface area contributed by atoms with E-state index in [2.05, 4.69) is 25.5 Å². The first-order valence-electron chi connectivity index (χ1n) is 8.21. The smallest absolute Gasteiger partial charge is 0.255 e. The van der Waals surface area contributed by atoms with Crippen molar-refractivity contribution in [3.05, 3.63) is 84.4 Å². The van der Waals surface area contributed by atoms with Crippen molar-refractivity contribution in [1.82, 2.24) is 20.2 Å². The summed E-state index contributed by atoms with van der Waals surface area (Å²) in [7, 11) is 0. The van der Waals surface area contributed by atoms with Gasteiger partial charge in [-0.15, -0.1) is 0 Å². The number of amides is 1. The fourth-order valence-corrected chi connectivity index (χ4v) is 2.64. The van der Waals surface area contributed by atoms with Gasteiger partial charge in [0.25, 0.3) is 5.91 Å². The molecule has 0 aliphatic carbocycles. The summed E-state index contributed by atoms with van der Waals surface area (Å²) in [4.78, 5) is 20.4. The van der Waals surface area contributed by atoms with E-state index in [0.717, 1.165) is 11.6 Å². The fraction of sp³-hybridized carbons (Fsp3) is 0. The third-order valence-corrected chi connectivity index (χ3v) is 3.94. The van der Waals surface area contributed by atoms with Gasteiger partial charge < -0.3 is 5.32 Å². The Balaban J connectivity index is 1.64. The molecule has 0 unspecified atom stereocenters. The van der Waals surface area contributed by atoms with Gasteiger partial charge in [0.15, 0.2) is 11.6 Å². The van der Waals surface area contributed by atoms with Gasteiger partial charge >= 0.3 is 0 Å². The zero-order valence-electron chi connectivity index (χ0n) is 14.1. The van der Waals surface area contributed by atoms with Gasteiger partial charge in [-0.3, -0.25) is 9.89 Å². The van der Waals surface area contributed by atoms with Crippen molar-refractivity contribution in [2.45, 2.75) is 0 Å². The lowest BCUT2D eigenvalue weighted by Gasteiger charge is -2.09. The first kappa shape index (κ1) is 16.6. The van der Waals surface area contributed by atoms with Gasteiger partial charge in [0.2, 0.25) is 5.95 Å². The van der Waals surface area contributed by atoms with E-state index in [0.29, 0.717) is 22.9 Å². The Morgan fingerprint density at radius 1 is 1.00 bits per heavy atom. The topological polar surface area (TPSA) is 83.6 Å². The van der Waals surface area contributed by atoms with Crippen molar-refractivity contribution in [2.75, 3.05) is 5.32 Å². The molecule has 0 aliphatic heterocycles. The number of carbonyl (C=O) groups is 1. The van der Waals surface area contributed by atoms with Crippen LogP contribution in [-0.2, 0) is 0 Å². The number of aromatic amines is 1. The van der Waals surface area contributed by atoms with Crippen LogP contribution in [0.5, 0.6) is 0 Å². The average molecular weight is 359 g/mol. The Hall–Kier alpha value is -3.87. The lowest BCUT2D eigenvalue weighted by atomic mass is 10.1. The number of aromatic nitrogens is 4. The summed E-state index contributed by atoms with van der Waals surface area (Å²) in [6, 6.07) is 19.3. The summed E-state index contributed by atoms with van der Waals surface area (Å²) in [5, 5.41) is 9.93. The molecule has 0 spiro atoms. The van der Waals surface area contributed by atoms with Crippen LogP contribution in [0.1, 0.15) is 10.4 Å². The number of nitrogens with one attached hydrogen (secondary N) is 2. The second kappa shape index (κ2) is 7.17. The van der Waals surface area contributed by atoms with Crippen molar-refractivity contribution in [1.29, 1.82) is 0 Å². The Kier molecular flexibility index (Phi) is 4.40. The molecule has 0 radical (unpaired) electrons. The van der Waals surface area contributed by atoms with E-state index >= 15 is 0 Å². The van der Waals surface area contributed by atoms with Crippen LogP contribution in [0.4, 0.5) is 10.1 Å². The summed E-state index contributed by atoms with van der Waals surface area (Å²) in [5.41, 5.74) is 2.28. The molecular weight excluding hydrogens is 345 g/mol. The summed E-state index contributed by atoms with van der Waals surface area (Å²) in [5.74, 6) is -0.0705. The lowest BCUT2D eigenvalue weighted by molar-refractivity contribution is 0.102. The minimum absolute atomic E-state index is 0.180. The van der Waals surface area contributed by atoms with Gasteiger partial charge in [0.05, 0.1) is 5.69 Å². The van der Waals surface area contributed by atoms with E-state index in [9.17, 15) is 9.18 Å². The van der Waals surface area contributed by atoms with Gasteiger partial charge in [-0.2, -0.15) is 9.49 Å². The van der Waals surface area contributed by atoms with Crippen molar-refractivity contribution >= 4 is 11.6 Å². The average Bonchev–Trinajstić information content (AvgIpc) is 3.19. The van der Waals surface area contributed by atoms with Crippen molar-refractivity contribution in [3.8, 4) is 22.8 Å². The Morgan fingerprint density at radius 2 is 1.78 bits per heavy atom. The van der Waals surface area contributed by atoms with Crippen LogP contribution in [0.2, 0.25) is 0 Å². The van der Waals surface area contributed by atoms with Crippen LogP contribution < -0.4 is 5.32 Å². The maximum atomic E-state index is 13.3. The Morgan fingerprint density at radius 3 is 2.59 bits per heavy atom. The van der Waals surface area contributed by atoms with E-state index in [-0.39, 0.29) is 5.56 Å². The molecule has 0 atom stereocenters. The number of nitrogens with zero attached hydrogens (tertiary/aromatic N) is 3. The highest BCUT2D eigenvalue weighted by Crippen LogP contribution is 2.27. The number of hydrogen-bond acceptors (Lipinski definition) is 4. The summed E-state index contributed by atoms with van der Waals surface area (Å²) in [6.45, 7) is 0. The molecule has 4 aromatic rings. The molecule has 1 amide bonds. The molecule has 27 heavy (non-hydrogen) atoms. The summed E-state index contributed by atoms with van der Waals surface area (Å²) >= 11 is 0. The van der Waals surface area contributed by atoms with Crippen LogP contribution in [0, 0.1) is 5.95 Å². The van der Waals surface area contributed by atoms with Crippen LogP contribution in [0.15, 0.2) is 72.9 Å². The summed E-state index contributed by atoms with van der Waals surface area (Å²) < 4.78 is 13.3. The molecule has 0 aliphatic rings. The quantitative estimate of drug-likeness (QED) is 0.541. The highest BCUT2D eigenvalue weighted by Gasteiger charge is 2.14. The molecule has 2 aromatic heterocycles. The lowest BCUT2D eigenvalue weighted by Crippen LogP contribution is -2.13. The molecule has 4 rings (SSSR count). The van der Waals surface area contributed by atoms with E-state index in [1.165, 1.54) is 12.3 Å². The first-order chi connectivity index (χ1) is 13.2. The molecule has 7 heteroatoms. The predicted octanol–water partition coefficient (Wildman–Crippen LogP) is 3.93. The molecule has 2 aromatic carbocycles. The van der Waals surface area contributed by atoms with Gasteiger partial charge in [-0.05, 0) is 18.2 Å². The predicted molar refractivity (Wildman–Crippen MR) is 99.4 cm³/mol. The second-order valence-electron chi connectivity index (χ2n) is 5.74. The van der Waals surface area contributed by atoms with Crippen LogP contribution >= 0.6 is 0 Å². The number of benzene rings is 2. The van der Waals surface area contributed by atoms with Crippen LogP contribution in [0.25, 0.3) is 22.8 Å². The van der Waals surface area contributed by atoms with E-state index in [1.54, 1.807) is 12.1 Å². The number of anilines is 1. The van der Waals surface area contributed by atoms with Gasteiger partial charge in [0, 0.05) is 29.0 Å². The SMILES string of the molecule is O=C(Nc1ccccc1-c1nc(-c2ccccc2)n[nH]1)c1ccnc(F)c1. The third-order valence-electron chi connectivity index (χ3n) is 3.94. The molecule has 2 N–H and O–H groups in total. The number of H-pyrrole nitrogens is 1. The minimum Gasteiger partial charge on any atom is -0.321 e. The molecule has 0 fully saturated rings. The van der Waals surface area contributed by atoms with E-state index in [4.69, 9.17) is 0 Å². The fourth-order valence-electron chi connectivity index (χ4n) is 2.64. The third kappa shape index (κ3) is 3.57. The molecule has 0 bridgehead atoms. The molecule has 0 saturated carbocycles. The molecule has 132 valence electrons. The van der Waals surface area contributed by atoms with Crippen molar-refractivity contribution < 1.29 is 9.18 Å². The number of carbonyl (C=O) groups excluding carboxylic acids is 1. The standard InChI is InChI=1S/C20H14FN5O/c21-17-12-14(10-11-22-17)20(27)23-16-9-5-4-8-15(16)19-24-18(25-26-19)13-6-2-1-3-7-13/h1-12H,(H,23,27)(H,24,25,26). The molecule has 6 nitrogen and oxygen atoms in total.